The summed E-state index contributed by atoms with van der Waals surface area (Å²) in [6, 6.07) is 7.24. The van der Waals surface area contributed by atoms with E-state index in [0.29, 0.717) is 5.39 Å². The van der Waals surface area contributed by atoms with Gasteiger partial charge in [-0.1, -0.05) is 64.7 Å². The molecule has 0 aliphatic rings. The van der Waals surface area contributed by atoms with Crippen LogP contribution in [0.25, 0.3) is 21.8 Å². The van der Waals surface area contributed by atoms with Crippen molar-refractivity contribution in [3.8, 4) is 5.75 Å². The van der Waals surface area contributed by atoms with Crippen LogP contribution >= 0.6 is 0 Å². The van der Waals surface area contributed by atoms with Gasteiger partial charge in [0, 0.05) is 29.2 Å². The fourth-order valence-electron chi connectivity index (χ4n) is 3.73. The number of aromatic nitrogens is 2. The fraction of sp³-hybridized carbons (Fsp3) is 0.500. The van der Waals surface area contributed by atoms with Gasteiger partial charge in [-0.15, -0.1) is 0 Å². The van der Waals surface area contributed by atoms with Gasteiger partial charge >= 0.3 is 0 Å². The number of rotatable bonds is 12. The van der Waals surface area contributed by atoms with Crippen LogP contribution in [0.2, 0.25) is 0 Å². The van der Waals surface area contributed by atoms with E-state index >= 15 is 0 Å². The van der Waals surface area contributed by atoms with Crippen LogP contribution in [0.15, 0.2) is 41.5 Å². The fourth-order valence-corrected chi connectivity index (χ4v) is 3.73. The molecule has 1 N–H and O–H groups in total. The molecule has 3 rings (SSSR count). The monoisotopic (exact) mass is 380 g/mol. The van der Waals surface area contributed by atoms with Gasteiger partial charge in [-0.2, -0.15) is 0 Å². The Bertz CT molecular complexity index is 933. The van der Waals surface area contributed by atoms with Crippen LogP contribution in [0.3, 0.4) is 0 Å². The highest BCUT2D eigenvalue weighted by molar-refractivity contribution is 6.04. The summed E-state index contributed by atoms with van der Waals surface area (Å²) in [4.78, 5) is 19.6. The van der Waals surface area contributed by atoms with Gasteiger partial charge in [0.2, 0.25) is 0 Å². The number of hydrogen-bond acceptors (Lipinski definition) is 3. The molecule has 0 saturated heterocycles. The zero-order valence-corrected chi connectivity index (χ0v) is 17.0. The number of nitrogens with zero attached hydrogens (tertiary/aromatic N) is 1. The number of ether oxygens (including phenoxy) is 1. The third-order valence-electron chi connectivity index (χ3n) is 5.36. The maximum atomic E-state index is 12.0. The van der Waals surface area contributed by atoms with Crippen molar-refractivity contribution in [3.63, 3.8) is 0 Å². The number of aromatic amines is 1. The number of hydrogen-bond donors (Lipinski definition) is 1. The molecule has 2 heterocycles. The van der Waals surface area contributed by atoms with E-state index in [2.05, 4.69) is 16.9 Å². The van der Waals surface area contributed by atoms with Gasteiger partial charge in [-0.3, -0.25) is 9.78 Å². The van der Waals surface area contributed by atoms with Crippen LogP contribution in [0.5, 0.6) is 5.75 Å². The number of pyridine rings is 2. The SMILES string of the molecule is CCCCCCCCCCCCOc1ccnc2c1ccc1c(=O)cc[nH]c12. The van der Waals surface area contributed by atoms with Crippen LogP contribution in [0.1, 0.15) is 71.1 Å². The standard InChI is InChI=1S/C24H32N2O2/c1-2-3-4-5-6-7-8-9-10-11-18-28-22-15-17-26-24-20(22)13-12-19-21(27)14-16-25-23(19)24/h12-17H,2-11,18H2,1H3,(H,25,27). The smallest absolute Gasteiger partial charge is 0.189 e. The van der Waals surface area contributed by atoms with Crippen molar-refractivity contribution in [1.82, 2.24) is 9.97 Å². The average molecular weight is 381 g/mol. The Hall–Kier alpha value is -2.36. The minimum absolute atomic E-state index is 0.00846. The number of unbranched alkanes of at least 4 members (excludes halogenated alkanes) is 9. The Morgan fingerprint density at radius 1 is 0.857 bits per heavy atom. The number of fused-ring (bicyclic) bond motifs is 3. The third kappa shape index (κ3) is 5.34. The van der Waals surface area contributed by atoms with Crippen LogP contribution < -0.4 is 10.2 Å². The predicted molar refractivity (Wildman–Crippen MR) is 117 cm³/mol. The van der Waals surface area contributed by atoms with E-state index in [0.717, 1.165) is 35.2 Å². The summed E-state index contributed by atoms with van der Waals surface area (Å²) >= 11 is 0. The summed E-state index contributed by atoms with van der Waals surface area (Å²) in [5.74, 6) is 0.840. The minimum atomic E-state index is 0.00846. The molecule has 0 saturated carbocycles. The second-order valence-electron chi connectivity index (χ2n) is 7.57. The van der Waals surface area contributed by atoms with E-state index in [4.69, 9.17) is 4.74 Å². The number of H-pyrrole nitrogens is 1. The maximum Gasteiger partial charge on any atom is 0.189 e. The van der Waals surface area contributed by atoms with Gasteiger partial charge in [0.1, 0.15) is 5.75 Å². The molecule has 0 unspecified atom stereocenters. The molecule has 2 aromatic heterocycles. The molecule has 3 aromatic rings. The first-order chi connectivity index (χ1) is 13.8. The molecule has 0 aliphatic carbocycles. The lowest BCUT2D eigenvalue weighted by atomic mass is 10.1. The van der Waals surface area contributed by atoms with E-state index in [9.17, 15) is 4.79 Å². The third-order valence-corrected chi connectivity index (χ3v) is 5.36. The van der Waals surface area contributed by atoms with Gasteiger partial charge in [0.15, 0.2) is 5.43 Å². The Balaban J connectivity index is 1.46. The Morgan fingerprint density at radius 3 is 2.29 bits per heavy atom. The zero-order chi connectivity index (χ0) is 19.6. The summed E-state index contributed by atoms with van der Waals surface area (Å²) in [7, 11) is 0. The van der Waals surface area contributed by atoms with Gasteiger partial charge in [-0.25, -0.2) is 0 Å². The molecule has 0 atom stereocenters. The van der Waals surface area contributed by atoms with E-state index in [-0.39, 0.29) is 5.43 Å². The average Bonchev–Trinajstić information content (AvgIpc) is 2.72. The summed E-state index contributed by atoms with van der Waals surface area (Å²) in [5, 5.41) is 1.61. The molecule has 0 radical (unpaired) electrons. The molecule has 28 heavy (non-hydrogen) atoms. The highest BCUT2D eigenvalue weighted by Gasteiger charge is 2.08. The van der Waals surface area contributed by atoms with Gasteiger partial charge in [0.05, 0.1) is 17.6 Å². The molecule has 150 valence electrons. The van der Waals surface area contributed by atoms with E-state index in [1.54, 1.807) is 18.5 Å². The Kier molecular flexibility index (Phi) is 7.89. The number of benzene rings is 1. The van der Waals surface area contributed by atoms with Gasteiger partial charge in [0.25, 0.3) is 0 Å². The van der Waals surface area contributed by atoms with Crippen molar-refractivity contribution in [2.75, 3.05) is 6.61 Å². The van der Waals surface area contributed by atoms with E-state index < -0.39 is 0 Å². The molecule has 0 bridgehead atoms. The Morgan fingerprint density at radius 2 is 1.54 bits per heavy atom. The molecule has 0 fully saturated rings. The highest BCUT2D eigenvalue weighted by atomic mass is 16.5. The molecule has 4 heteroatoms. The van der Waals surface area contributed by atoms with Crippen LogP contribution in [-0.4, -0.2) is 16.6 Å². The molecule has 0 amide bonds. The van der Waals surface area contributed by atoms with Crippen molar-refractivity contribution in [2.24, 2.45) is 0 Å². The van der Waals surface area contributed by atoms with Crippen molar-refractivity contribution in [2.45, 2.75) is 71.1 Å². The lowest BCUT2D eigenvalue weighted by Crippen LogP contribution is -2.02. The lowest BCUT2D eigenvalue weighted by molar-refractivity contribution is 0.307. The minimum Gasteiger partial charge on any atom is -0.493 e. The normalized spacial score (nSPS) is 11.3. The largest absolute Gasteiger partial charge is 0.493 e. The van der Waals surface area contributed by atoms with Crippen LogP contribution in [0, 0.1) is 0 Å². The van der Waals surface area contributed by atoms with E-state index in [1.165, 1.54) is 57.8 Å². The highest BCUT2D eigenvalue weighted by Crippen LogP contribution is 2.28. The van der Waals surface area contributed by atoms with Crippen LogP contribution in [-0.2, 0) is 0 Å². The number of nitrogens with one attached hydrogen (secondary N) is 1. The van der Waals surface area contributed by atoms with Crippen molar-refractivity contribution >= 4 is 21.8 Å². The summed E-state index contributed by atoms with van der Waals surface area (Å²) < 4.78 is 6.04. The first kappa shape index (κ1) is 20.4. The predicted octanol–water partition coefficient (Wildman–Crippen LogP) is 6.38. The quantitative estimate of drug-likeness (QED) is 0.293. The molecular formula is C24H32N2O2. The van der Waals surface area contributed by atoms with Crippen molar-refractivity contribution in [1.29, 1.82) is 0 Å². The molecule has 0 spiro atoms. The molecule has 4 nitrogen and oxygen atoms in total. The van der Waals surface area contributed by atoms with Gasteiger partial charge < -0.3 is 9.72 Å². The van der Waals surface area contributed by atoms with E-state index in [1.807, 2.05) is 18.2 Å². The second-order valence-corrected chi connectivity index (χ2v) is 7.57. The van der Waals surface area contributed by atoms with Gasteiger partial charge in [-0.05, 0) is 24.6 Å². The Labute approximate surface area is 167 Å². The summed E-state index contributed by atoms with van der Waals surface area (Å²) in [5.41, 5.74) is 1.57. The van der Waals surface area contributed by atoms with Crippen molar-refractivity contribution < 1.29 is 4.74 Å². The maximum absolute atomic E-state index is 12.0. The first-order valence-corrected chi connectivity index (χ1v) is 10.8. The first-order valence-electron chi connectivity index (χ1n) is 10.8. The molecule has 0 aliphatic heterocycles. The summed E-state index contributed by atoms with van der Waals surface area (Å²) in [6.07, 6.45) is 16.6. The lowest BCUT2D eigenvalue weighted by Gasteiger charge is -2.10. The molecule has 1 aromatic carbocycles. The van der Waals surface area contributed by atoms with Crippen LogP contribution in [0.4, 0.5) is 0 Å². The zero-order valence-electron chi connectivity index (χ0n) is 17.0. The summed E-state index contributed by atoms with van der Waals surface area (Å²) in [6.45, 7) is 2.98. The van der Waals surface area contributed by atoms with Crippen molar-refractivity contribution in [3.05, 3.63) is 46.9 Å². The second kappa shape index (κ2) is 10.8. The topological polar surface area (TPSA) is 55.0 Å². The molecular weight excluding hydrogens is 348 g/mol.